The zero-order chi connectivity index (χ0) is 9.90. The molecule has 0 spiro atoms. The van der Waals surface area contributed by atoms with Crippen molar-refractivity contribution in [3.05, 3.63) is 11.1 Å². The predicted octanol–water partition coefficient (Wildman–Crippen LogP) is -0.0876. The van der Waals surface area contributed by atoms with Gasteiger partial charge in [-0.3, -0.25) is 4.28 Å². The van der Waals surface area contributed by atoms with E-state index in [0.717, 1.165) is 6.26 Å². The summed E-state index contributed by atoms with van der Waals surface area (Å²) >= 11 is 1.20. The number of nitrogen functional groups attached to an aromatic ring is 1. The Morgan fingerprint density at radius 2 is 2.46 bits per heavy atom. The first-order chi connectivity index (χ1) is 5.97. The summed E-state index contributed by atoms with van der Waals surface area (Å²) in [5.41, 5.74) is 5.64. The van der Waals surface area contributed by atoms with Gasteiger partial charge in [0, 0.05) is 5.38 Å². The lowest BCUT2D eigenvalue weighted by Crippen LogP contribution is -1.97. The maximum atomic E-state index is 10.4. The summed E-state index contributed by atoms with van der Waals surface area (Å²) in [5, 5.41) is 5.01. The molecule has 71 valence electrons. The molecule has 1 aromatic rings. The Bertz CT molecular complexity index is 408. The van der Waals surface area contributed by atoms with Gasteiger partial charge in [0.1, 0.15) is 5.69 Å². The van der Waals surface area contributed by atoms with Crippen LogP contribution < -0.4 is 5.73 Å². The Hall–Kier alpha value is -1.15. The zero-order valence-electron chi connectivity index (χ0n) is 6.59. The Kier molecular flexibility index (Phi) is 2.83. The molecule has 0 atom stereocenters. The van der Waals surface area contributed by atoms with Gasteiger partial charge in [-0.2, -0.15) is 8.42 Å². The molecule has 0 amide bonds. The van der Waals surface area contributed by atoms with Gasteiger partial charge in [-0.05, 0) is 0 Å². The smallest absolute Gasteiger partial charge is 0.325 e. The summed E-state index contributed by atoms with van der Waals surface area (Å²) < 4.78 is 24.9. The third-order valence-corrected chi connectivity index (χ3v) is 1.87. The SMILES string of the molecule is CS(=O)(=O)O/N=[C]/c1csc(N)n1. The minimum atomic E-state index is -3.57. The molecule has 1 heterocycles. The number of hydrogen-bond donors (Lipinski definition) is 1. The lowest BCUT2D eigenvalue weighted by molar-refractivity contribution is 0.345. The number of anilines is 1. The van der Waals surface area contributed by atoms with Crippen LogP contribution in [0.1, 0.15) is 5.69 Å². The van der Waals surface area contributed by atoms with E-state index in [-0.39, 0.29) is 0 Å². The standard InChI is InChI=1S/C5H6N3O3S2/c1-13(9,10)11-7-2-4-3-12-5(6)8-4/h3H,1H3,(H2,6,8). The van der Waals surface area contributed by atoms with Crippen LogP contribution in [-0.4, -0.2) is 25.9 Å². The van der Waals surface area contributed by atoms with Crippen molar-refractivity contribution in [3.8, 4) is 0 Å². The van der Waals surface area contributed by atoms with Crippen molar-refractivity contribution in [1.29, 1.82) is 0 Å². The number of nitrogens with two attached hydrogens (primary N) is 1. The largest absolute Gasteiger partial charge is 0.375 e. The van der Waals surface area contributed by atoms with Gasteiger partial charge in [0.05, 0.1) is 6.26 Å². The third-order valence-electron chi connectivity index (χ3n) is 0.855. The molecular weight excluding hydrogens is 214 g/mol. The van der Waals surface area contributed by atoms with Crippen molar-refractivity contribution in [1.82, 2.24) is 4.98 Å². The van der Waals surface area contributed by atoms with Crippen LogP contribution >= 0.6 is 11.3 Å². The fourth-order valence-electron chi connectivity index (χ4n) is 0.472. The van der Waals surface area contributed by atoms with E-state index in [9.17, 15) is 8.42 Å². The minimum absolute atomic E-state index is 0.339. The molecule has 0 saturated carbocycles. The quantitative estimate of drug-likeness (QED) is 0.567. The molecule has 0 bridgehead atoms. The fourth-order valence-corrected chi connectivity index (χ4v) is 1.13. The molecule has 1 aromatic heterocycles. The van der Waals surface area contributed by atoms with Gasteiger partial charge in [0.15, 0.2) is 11.3 Å². The first-order valence-corrected chi connectivity index (χ1v) is 5.72. The minimum Gasteiger partial charge on any atom is -0.375 e. The van der Waals surface area contributed by atoms with Gasteiger partial charge in [-0.15, -0.1) is 11.3 Å². The first kappa shape index (κ1) is 9.93. The van der Waals surface area contributed by atoms with Crippen LogP contribution in [0.3, 0.4) is 0 Å². The molecule has 1 rings (SSSR count). The zero-order valence-corrected chi connectivity index (χ0v) is 8.22. The van der Waals surface area contributed by atoms with Crippen LogP contribution in [0.2, 0.25) is 0 Å². The van der Waals surface area contributed by atoms with E-state index in [4.69, 9.17) is 5.73 Å². The molecule has 1 radical (unpaired) electrons. The van der Waals surface area contributed by atoms with Crippen molar-refractivity contribution >= 4 is 32.8 Å². The molecule has 0 aliphatic heterocycles. The first-order valence-electron chi connectivity index (χ1n) is 3.03. The molecule has 0 aliphatic carbocycles. The third kappa shape index (κ3) is 3.85. The van der Waals surface area contributed by atoms with Crippen molar-refractivity contribution in [3.63, 3.8) is 0 Å². The maximum Gasteiger partial charge on any atom is 0.325 e. The van der Waals surface area contributed by atoms with Crippen LogP contribution in [0.4, 0.5) is 5.13 Å². The van der Waals surface area contributed by atoms with E-state index in [0.29, 0.717) is 10.8 Å². The molecule has 8 heteroatoms. The monoisotopic (exact) mass is 220 g/mol. The number of aromatic nitrogens is 1. The van der Waals surface area contributed by atoms with Crippen molar-refractivity contribution in [2.45, 2.75) is 0 Å². The molecule has 0 aromatic carbocycles. The Morgan fingerprint density at radius 1 is 1.77 bits per heavy atom. The normalized spacial score (nSPS) is 12.1. The topological polar surface area (TPSA) is 94.6 Å². The Labute approximate surface area is 79.2 Å². The van der Waals surface area contributed by atoms with E-state index in [1.807, 2.05) is 0 Å². The van der Waals surface area contributed by atoms with E-state index in [2.05, 4.69) is 20.6 Å². The van der Waals surface area contributed by atoms with Gasteiger partial charge < -0.3 is 5.73 Å². The lowest BCUT2D eigenvalue weighted by atomic mass is 10.6. The van der Waals surface area contributed by atoms with E-state index in [1.165, 1.54) is 11.3 Å². The summed E-state index contributed by atoms with van der Waals surface area (Å²) in [5.74, 6) is 0. The highest BCUT2D eigenvalue weighted by atomic mass is 32.2. The number of thiazole rings is 1. The number of hydrogen-bond acceptors (Lipinski definition) is 7. The highest BCUT2D eigenvalue weighted by molar-refractivity contribution is 7.85. The summed E-state index contributed by atoms with van der Waals surface area (Å²) in [6, 6.07) is 0. The van der Waals surface area contributed by atoms with Crippen LogP contribution in [0, 0.1) is 0 Å². The Balaban J connectivity index is 2.60. The van der Waals surface area contributed by atoms with E-state index in [1.54, 1.807) is 5.38 Å². The molecular formula is C5H6N3O3S2. The van der Waals surface area contributed by atoms with Gasteiger partial charge in [0.2, 0.25) is 0 Å². The van der Waals surface area contributed by atoms with Gasteiger partial charge >= 0.3 is 10.1 Å². The van der Waals surface area contributed by atoms with Crippen molar-refractivity contribution in [2.24, 2.45) is 5.16 Å². The summed E-state index contributed by atoms with van der Waals surface area (Å²) in [7, 11) is -3.57. The highest BCUT2D eigenvalue weighted by Gasteiger charge is 1.99. The molecule has 0 saturated heterocycles. The summed E-state index contributed by atoms with van der Waals surface area (Å²) in [4.78, 5) is 3.75. The highest BCUT2D eigenvalue weighted by Crippen LogP contribution is 2.08. The molecule has 13 heavy (non-hydrogen) atoms. The molecule has 2 N–H and O–H groups in total. The van der Waals surface area contributed by atoms with Crippen molar-refractivity contribution < 1.29 is 12.7 Å². The van der Waals surface area contributed by atoms with E-state index >= 15 is 0 Å². The number of rotatable bonds is 3. The van der Waals surface area contributed by atoms with E-state index < -0.39 is 10.1 Å². The van der Waals surface area contributed by atoms with Crippen LogP contribution in [0.5, 0.6) is 0 Å². The molecule has 0 aliphatic rings. The maximum absolute atomic E-state index is 10.4. The van der Waals surface area contributed by atoms with Crippen molar-refractivity contribution in [2.75, 3.05) is 12.0 Å². The average molecular weight is 220 g/mol. The second-order valence-corrected chi connectivity index (χ2v) is 4.50. The molecule has 6 nitrogen and oxygen atoms in total. The molecule has 0 fully saturated rings. The average Bonchev–Trinajstić information content (AvgIpc) is 2.33. The lowest BCUT2D eigenvalue weighted by Gasteiger charge is -1.89. The van der Waals surface area contributed by atoms with Crippen LogP contribution in [-0.2, 0) is 14.4 Å². The molecule has 0 unspecified atom stereocenters. The summed E-state index contributed by atoms with van der Waals surface area (Å²) in [6.07, 6.45) is 3.15. The van der Waals surface area contributed by atoms with Crippen LogP contribution in [0.25, 0.3) is 0 Å². The van der Waals surface area contributed by atoms with Gasteiger partial charge in [-0.1, -0.05) is 5.16 Å². The predicted molar refractivity (Wildman–Crippen MR) is 49.0 cm³/mol. The Morgan fingerprint density at radius 3 is 2.92 bits per heavy atom. The van der Waals surface area contributed by atoms with Gasteiger partial charge in [0.25, 0.3) is 0 Å². The summed E-state index contributed by atoms with van der Waals surface area (Å²) in [6.45, 7) is 0. The van der Waals surface area contributed by atoms with Gasteiger partial charge in [-0.25, -0.2) is 4.98 Å². The van der Waals surface area contributed by atoms with Crippen LogP contribution in [0.15, 0.2) is 10.5 Å². The second kappa shape index (κ2) is 3.71. The second-order valence-electron chi connectivity index (χ2n) is 2.05. The number of nitrogens with zero attached hydrogens (tertiary/aromatic N) is 2. The fraction of sp³-hybridized carbons (Fsp3) is 0.200.